The van der Waals surface area contributed by atoms with Crippen molar-refractivity contribution in [2.24, 2.45) is 0 Å². The van der Waals surface area contributed by atoms with Crippen molar-refractivity contribution in [2.75, 3.05) is 0 Å². The zero-order valence-electron chi connectivity index (χ0n) is 3.93. The van der Waals surface area contributed by atoms with Gasteiger partial charge in [-0.3, -0.25) is 0 Å². The first-order chi connectivity index (χ1) is 2.94. The third kappa shape index (κ3) is 4.60. The van der Waals surface area contributed by atoms with E-state index in [4.69, 9.17) is 0 Å². The molecule has 0 unspecified atom stereocenters. The molecular weight excluding hydrogens is 194 g/mol. The van der Waals surface area contributed by atoms with E-state index in [9.17, 15) is 13.2 Å². The first kappa shape index (κ1) is 11.3. The summed E-state index contributed by atoms with van der Waals surface area (Å²) in [5.41, 5.74) is 0. The molecule has 0 aromatic heterocycles. The van der Waals surface area contributed by atoms with Crippen LogP contribution in [0.2, 0.25) is 0 Å². The molecule has 0 atom stereocenters. The van der Waals surface area contributed by atoms with Gasteiger partial charge in [0.1, 0.15) is 0 Å². The number of rotatable bonds is 0. The molecule has 0 N–H and O–H groups in total. The first-order valence-corrected chi connectivity index (χ1v) is 3.01. The van der Waals surface area contributed by atoms with Crippen LogP contribution in [0.25, 0.3) is 0 Å². The van der Waals surface area contributed by atoms with Gasteiger partial charge in [0.15, 0.2) is 0 Å². The number of halogens is 4. The Morgan fingerprint density at radius 1 is 1.38 bits per heavy atom. The summed E-state index contributed by atoms with van der Waals surface area (Å²) < 4.78 is 32.7. The Hall–Kier alpha value is 0.443. The third-order valence-corrected chi connectivity index (χ3v) is 1.24. The van der Waals surface area contributed by atoms with Gasteiger partial charge in [-0.25, -0.2) is 0 Å². The Kier molecular flexibility index (Phi) is 4.88. The van der Waals surface area contributed by atoms with Crippen LogP contribution in [-0.2, 0) is 18.3 Å². The number of hydrogen-bond donors (Lipinski definition) is 0. The Bertz CT molecular complexity index is 87.0. The van der Waals surface area contributed by atoms with Crippen molar-refractivity contribution in [3.05, 3.63) is 10.7 Å². The van der Waals surface area contributed by atoms with E-state index in [2.05, 4.69) is 6.58 Å². The van der Waals surface area contributed by atoms with Gasteiger partial charge < -0.3 is 12.4 Å². The summed E-state index contributed by atoms with van der Waals surface area (Å²) in [6.45, 7) is 2.76. The molecule has 0 saturated carbocycles. The van der Waals surface area contributed by atoms with Gasteiger partial charge in [0.05, 0.1) is 0 Å². The van der Waals surface area contributed by atoms with Crippen LogP contribution in [0.1, 0.15) is 0 Å². The van der Waals surface area contributed by atoms with E-state index in [1.54, 1.807) is 0 Å². The standard InChI is InChI=1S/C3H2F3.ClH.Zn/c1-2-3(4,5)6;;/h1H2;1H;/q;;+1/p-1. The normalized spacial score (nSPS) is 10.1. The van der Waals surface area contributed by atoms with Crippen LogP contribution < -0.4 is 12.4 Å². The molecule has 0 aliphatic rings. The Morgan fingerprint density at radius 2 is 1.50 bits per heavy atom. The van der Waals surface area contributed by atoms with E-state index in [0.29, 0.717) is 0 Å². The second-order valence-electron chi connectivity index (χ2n) is 1.10. The quantitative estimate of drug-likeness (QED) is 0.418. The maximum Gasteiger partial charge on any atom is -1.00 e. The van der Waals surface area contributed by atoms with Crippen LogP contribution in [0.15, 0.2) is 10.7 Å². The van der Waals surface area contributed by atoms with Crippen molar-refractivity contribution in [2.45, 2.75) is 6.18 Å². The van der Waals surface area contributed by atoms with Crippen molar-refractivity contribution < 1.29 is 43.9 Å². The molecule has 0 rings (SSSR count). The van der Waals surface area contributed by atoms with E-state index >= 15 is 0 Å². The average molecular weight is 196 g/mol. The van der Waals surface area contributed by atoms with Crippen molar-refractivity contribution in [3.8, 4) is 0 Å². The Labute approximate surface area is 61.2 Å². The van der Waals surface area contributed by atoms with Crippen LogP contribution in [0.3, 0.4) is 0 Å². The summed E-state index contributed by atoms with van der Waals surface area (Å²) in [5.74, 6) is 0. The Morgan fingerprint density at radius 3 is 1.50 bits per heavy atom. The SMILES string of the molecule is C=[C]([Zn+])C(F)(F)F.[Cl-]. The molecule has 0 aromatic carbocycles. The molecule has 0 aromatic rings. The van der Waals surface area contributed by atoms with Crippen LogP contribution >= 0.6 is 0 Å². The number of hydrogen-bond acceptors (Lipinski definition) is 0. The second-order valence-corrected chi connectivity index (χ2v) is 2.89. The fourth-order valence-electron chi connectivity index (χ4n) is 0. The zero-order chi connectivity index (χ0) is 6.08. The summed E-state index contributed by atoms with van der Waals surface area (Å²) in [6.07, 6.45) is -4.14. The van der Waals surface area contributed by atoms with Gasteiger partial charge in [-0.15, -0.1) is 0 Å². The number of alkyl halides is 3. The average Bonchev–Trinajstić information content (AvgIpc) is 1.31. The van der Waals surface area contributed by atoms with Crippen molar-refractivity contribution in [1.29, 1.82) is 0 Å². The largest absolute Gasteiger partial charge is 1.00 e. The van der Waals surface area contributed by atoms with Crippen molar-refractivity contribution in [3.63, 3.8) is 0 Å². The molecule has 0 aliphatic carbocycles. The third-order valence-electron chi connectivity index (χ3n) is 0.401. The summed E-state index contributed by atoms with van der Waals surface area (Å²) in [5, 5.41) is 0. The van der Waals surface area contributed by atoms with E-state index < -0.39 is 10.3 Å². The molecule has 0 bridgehead atoms. The van der Waals surface area contributed by atoms with E-state index in [-0.39, 0.29) is 30.7 Å². The minimum atomic E-state index is -4.14. The molecule has 0 aliphatic heterocycles. The molecule has 5 heteroatoms. The zero-order valence-corrected chi connectivity index (χ0v) is 7.65. The van der Waals surface area contributed by atoms with Gasteiger partial charge in [0.2, 0.25) is 0 Å². The summed E-state index contributed by atoms with van der Waals surface area (Å²) >= 11 is 0.101. The minimum Gasteiger partial charge on any atom is -1.00 e. The van der Waals surface area contributed by atoms with Gasteiger partial charge in [-0.05, 0) is 0 Å². The topological polar surface area (TPSA) is 0 Å². The maximum atomic E-state index is 11.1. The molecule has 8 heavy (non-hydrogen) atoms. The monoisotopic (exact) mass is 194 g/mol. The predicted molar refractivity (Wildman–Crippen MR) is 15.2 cm³/mol. The fraction of sp³-hybridized carbons (Fsp3) is 0.333. The minimum absolute atomic E-state index is 0. The maximum absolute atomic E-state index is 11.1. The Balaban J connectivity index is 0. The molecular formula is C3H2ClF3Zn. The van der Waals surface area contributed by atoms with E-state index in [1.165, 1.54) is 0 Å². The van der Waals surface area contributed by atoms with Crippen molar-refractivity contribution in [1.82, 2.24) is 0 Å². The smallest absolute Gasteiger partial charge is 1.00 e. The van der Waals surface area contributed by atoms with Gasteiger partial charge >= 0.3 is 48.4 Å². The second kappa shape index (κ2) is 3.47. The van der Waals surface area contributed by atoms with Crippen LogP contribution in [0.5, 0.6) is 0 Å². The van der Waals surface area contributed by atoms with Crippen LogP contribution in [0, 0.1) is 0 Å². The molecule has 0 nitrogen and oxygen atoms in total. The van der Waals surface area contributed by atoms with E-state index in [0.717, 1.165) is 0 Å². The first-order valence-electron chi connectivity index (χ1n) is 1.52. The van der Waals surface area contributed by atoms with Gasteiger partial charge in [-0.2, -0.15) is 0 Å². The molecule has 0 radical (unpaired) electrons. The summed E-state index contributed by atoms with van der Waals surface area (Å²) in [6, 6.07) is 0. The van der Waals surface area contributed by atoms with Gasteiger partial charge in [0.25, 0.3) is 0 Å². The predicted octanol–water partition coefficient (Wildman–Crippen LogP) is -1.39. The molecule has 0 fully saturated rings. The van der Waals surface area contributed by atoms with Crippen molar-refractivity contribution >= 4 is 0 Å². The molecule has 44 valence electrons. The molecule has 0 saturated heterocycles. The molecule has 0 spiro atoms. The van der Waals surface area contributed by atoms with E-state index in [1.807, 2.05) is 0 Å². The summed E-state index contributed by atoms with van der Waals surface area (Å²) in [7, 11) is 0. The van der Waals surface area contributed by atoms with Gasteiger partial charge in [-0.1, -0.05) is 0 Å². The molecule has 0 amide bonds. The van der Waals surface area contributed by atoms with Gasteiger partial charge in [0, 0.05) is 0 Å². The summed E-state index contributed by atoms with van der Waals surface area (Å²) in [4.78, 5) is 0. The molecule has 0 heterocycles. The fourth-order valence-corrected chi connectivity index (χ4v) is 0. The van der Waals surface area contributed by atoms with Crippen LogP contribution in [-0.4, -0.2) is 6.18 Å². The van der Waals surface area contributed by atoms with Crippen LogP contribution in [0.4, 0.5) is 13.2 Å². The number of allylic oxidation sites excluding steroid dienone is 1.